The zero-order chi connectivity index (χ0) is 13.5. The third-order valence-corrected chi connectivity index (χ3v) is 4.53. The topological polar surface area (TPSA) is 32.5 Å². The lowest BCUT2D eigenvalue weighted by Gasteiger charge is -2.41. The Balaban J connectivity index is 2.50. The van der Waals surface area contributed by atoms with Crippen LogP contribution in [0.25, 0.3) is 0 Å². The van der Waals surface area contributed by atoms with Gasteiger partial charge in [-0.25, -0.2) is 0 Å². The Morgan fingerprint density at radius 2 is 1.83 bits per heavy atom. The second-order valence-electron chi connectivity index (χ2n) is 6.31. The van der Waals surface area contributed by atoms with Crippen LogP contribution >= 0.6 is 0 Å². The van der Waals surface area contributed by atoms with Crippen molar-refractivity contribution in [1.82, 2.24) is 9.80 Å². The van der Waals surface area contributed by atoms with Crippen molar-refractivity contribution < 1.29 is 0 Å². The Morgan fingerprint density at radius 3 is 2.39 bits per heavy atom. The summed E-state index contributed by atoms with van der Waals surface area (Å²) in [6.07, 6.45) is 6.81. The van der Waals surface area contributed by atoms with Gasteiger partial charge in [0.25, 0.3) is 0 Å². The van der Waals surface area contributed by atoms with Crippen molar-refractivity contribution in [2.75, 3.05) is 40.8 Å². The van der Waals surface area contributed by atoms with Crippen LogP contribution in [0.4, 0.5) is 0 Å². The molecule has 1 rings (SSSR count). The van der Waals surface area contributed by atoms with Gasteiger partial charge in [0.05, 0.1) is 0 Å². The molecule has 0 aromatic heterocycles. The molecule has 0 amide bonds. The fourth-order valence-corrected chi connectivity index (χ4v) is 3.30. The smallest absolute Gasteiger partial charge is 0.0136 e. The monoisotopic (exact) mass is 255 g/mol. The molecule has 0 saturated heterocycles. The first kappa shape index (κ1) is 15.9. The molecule has 0 heterocycles. The van der Waals surface area contributed by atoms with E-state index in [1.807, 2.05) is 0 Å². The van der Waals surface area contributed by atoms with Crippen molar-refractivity contribution in [3.05, 3.63) is 0 Å². The van der Waals surface area contributed by atoms with Gasteiger partial charge in [0.15, 0.2) is 0 Å². The summed E-state index contributed by atoms with van der Waals surface area (Å²) in [7, 11) is 6.58. The van der Waals surface area contributed by atoms with Crippen molar-refractivity contribution >= 4 is 0 Å². The zero-order valence-electron chi connectivity index (χ0n) is 12.9. The molecule has 2 N–H and O–H groups in total. The standard InChI is InChI=1S/C15H33N3/c1-5-6-13-7-8-14(12-16)15(11-13)18(4)10-9-17(2)3/h13-15H,5-12,16H2,1-4H3. The van der Waals surface area contributed by atoms with Crippen LogP contribution in [-0.2, 0) is 0 Å². The maximum Gasteiger partial charge on any atom is 0.0136 e. The maximum atomic E-state index is 5.97. The Hall–Kier alpha value is -0.120. The summed E-state index contributed by atoms with van der Waals surface area (Å²) in [5.41, 5.74) is 5.97. The van der Waals surface area contributed by atoms with E-state index in [1.54, 1.807) is 0 Å². The van der Waals surface area contributed by atoms with Crippen LogP contribution in [0.3, 0.4) is 0 Å². The molecule has 3 nitrogen and oxygen atoms in total. The van der Waals surface area contributed by atoms with Gasteiger partial charge in [-0.15, -0.1) is 0 Å². The van der Waals surface area contributed by atoms with E-state index in [-0.39, 0.29) is 0 Å². The van der Waals surface area contributed by atoms with Gasteiger partial charge in [-0.2, -0.15) is 0 Å². The molecule has 3 unspecified atom stereocenters. The van der Waals surface area contributed by atoms with E-state index in [4.69, 9.17) is 5.73 Å². The molecule has 1 fully saturated rings. The first-order valence-electron chi connectivity index (χ1n) is 7.63. The van der Waals surface area contributed by atoms with Gasteiger partial charge in [0.1, 0.15) is 0 Å². The summed E-state index contributed by atoms with van der Waals surface area (Å²) in [6.45, 7) is 5.46. The van der Waals surface area contributed by atoms with E-state index in [0.29, 0.717) is 12.0 Å². The average molecular weight is 255 g/mol. The minimum Gasteiger partial charge on any atom is -0.330 e. The minimum absolute atomic E-state index is 0.709. The molecule has 0 aliphatic heterocycles. The molecular weight excluding hydrogens is 222 g/mol. The van der Waals surface area contributed by atoms with Crippen LogP contribution in [0, 0.1) is 11.8 Å². The van der Waals surface area contributed by atoms with E-state index in [9.17, 15) is 0 Å². The Kier molecular flexibility index (Phi) is 7.20. The van der Waals surface area contributed by atoms with Gasteiger partial charge in [-0.3, -0.25) is 0 Å². The Bertz CT molecular complexity index is 218. The van der Waals surface area contributed by atoms with Crippen LogP contribution in [0.2, 0.25) is 0 Å². The lowest BCUT2D eigenvalue weighted by molar-refractivity contribution is 0.0945. The van der Waals surface area contributed by atoms with Crippen LogP contribution in [0.1, 0.15) is 39.0 Å². The number of rotatable bonds is 7. The number of likely N-dealkylation sites (N-methyl/N-ethyl adjacent to an activating group) is 2. The predicted octanol–water partition coefficient (Wildman–Crippen LogP) is 2.02. The molecule has 0 aromatic rings. The normalized spacial score (nSPS) is 29.2. The van der Waals surface area contributed by atoms with Crippen molar-refractivity contribution in [2.24, 2.45) is 17.6 Å². The first-order chi connectivity index (χ1) is 8.58. The van der Waals surface area contributed by atoms with Crippen molar-refractivity contribution in [2.45, 2.75) is 45.1 Å². The highest BCUT2D eigenvalue weighted by Gasteiger charge is 2.31. The highest BCUT2D eigenvalue weighted by Crippen LogP contribution is 2.33. The molecule has 0 spiro atoms. The summed E-state index contributed by atoms with van der Waals surface area (Å²) < 4.78 is 0. The Morgan fingerprint density at radius 1 is 1.11 bits per heavy atom. The average Bonchev–Trinajstić information content (AvgIpc) is 2.36. The molecule has 1 aliphatic rings. The van der Waals surface area contributed by atoms with Gasteiger partial charge in [-0.1, -0.05) is 26.2 Å². The predicted molar refractivity (Wildman–Crippen MR) is 79.8 cm³/mol. The van der Waals surface area contributed by atoms with Crippen LogP contribution in [0.5, 0.6) is 0 Å². The van der Waals surface area contributed by atoms with Crippen LogP contribution in [-0.4, -0.2) is 56.6 Å². The van der Waals surface area contributed by atoms with Crippen molar-refractivity contribution in [3.8, 4) is 0 Å². The molecule has 1 saturated carbocycles. The number of nitrogens with two attached hydrogens (primary N) is 1. The van der Waals surface area contributed by atoms with Crippen LogP contribution < -0.4 is 5.73 Å². The number of nitrogens with zero attached hydrogens (tertiary/aromatic N) is 2. The van der Waals surface area contributed by atoms with Gasteiger partial charge in [0.2, 0.25) is 0 Å². The molecule has 3 atom stereocenters. The fourth-order valence-electron chi connectivity index (χ4n) is 3.30. The summed E-state index contributed by atoms with van der Waals surface area (Å²) in [6, 6.07) is 0.709. The largest absolute Gasteiger partial charge is 0.330 e. The van der Waals surface area contributed by atoms with E-state index in [0.717, 1.165) is 25.6 Å². The minimum atomic E-state index is 0.709. The molecule has 3 heteroatoms. The highest BCUT2D eigenvalue weighted by molar-refractivity contribution is 4.86. The second kappa shape index (κ2) is 8.13. The van der Waals surface area contributed by atoms with E-state index < -0.39 is 0 Å². The molecule has 0 bridgehead atoms. The SMILES string of the molecule is CCCC1CCC(CN)C(N(C)CCN(C)C)C1. The second-order valence-corrected chi connectivity index (χ2v) is 6.31. The fraction of sp³-hybridized carbons (Fsp3) is 1.00. The third-order valence-electron chi connectivity index (χ3n) is 4.53. The maximum absolute atomic E-state index is 5.97. The van der Waals surface area contributed by atoms with Gasteiger partial charge >= 0.3 is 0 Å². The summed E-state index contributed by atoms with van der Waals surface area (Å²) in [4.78, 5) is 4.82. The number of hydrogen-bond acceptors (Lipinski definition) is 3. The zero-order valence-corrected chi connectivity index (χ0v) is 12.9. The molecule has 18 heavy (non-hydrogen) atoms. The molecular formula is C15H33N3. The lowest BCUT2D eigenvalue weighted by Crippen LogP contribution is -2.47. The van der Waals surface area contributed by atoms with Gasteiger partial charge < -0.3 is 15.5 Å². The van der Waals surface area contributed by atoms with E-state index in [2.05, 4.69) is 37.9 Å². The highest BCUT2D eigenvalue weighted by atomic mass is 15.2. The quantitative estimate of drug-likeness (QED) is 0.755. The van der Waals surface area contributed by atoms with Gasteiger partial charge in [-0.05, 0) is 52.4 Å². The molecule has 0 radical (unpaired) electrons. The lowest BCUT2D eigenvalue weighted by atomic mass is 9.76. The van der Waals surface area contributed by atoms with Crippen molar-refractivity contribution in [3.63, 3.8) is 0 Å². The summed E-state index contributed by atoms with van der Waals surface area (Å²) in [5.74, 6) is 1.65. The molecule has 108 valence electrons. The van der Waals surface area contributed by atoms with E-state index >= 15 is 0 Å². The molecule has 1 aliphatic carbocycles. The first-order valence-corrected chi connectivity index (χ1v) is 7.63. The molecule has 0 aromatic carbocycles. The van der Waals surface area contributed by atoms with Crippen LogP contribution in [0.15, 0.2) is 0 Å². The van der Waals surface area contributed by atoms with Crippen molar-refractivity contribution in [1.29, 1.82) is 0 Å². The summed E-state index contributed by atoms with van der Waals surface area (Å²) >= 11 is 0. The Labute approximate surface area is 114 Å². The van der Waals surface area contributed by atoms with E-state index in [1.165, 1.54) is 32.1 Å². The number of hydrogen-bond donors (Lipinski definition) is 1. The summed E-state index contributed by atoms with van der Waals surface area (Å²) in [5, 5.41) is 0. The van der Waals surface area contributed by atoms with Gasteiger partial charge in [0, 0.05) is 19.1 Å². The third kappa shape index (κ3) is 4.87.